The predicted octanol–water partition coefficient (Wildman–Crippen LogP) is 4.63. The van der Waals surface area contributed by atoms with Crippen molar-refractivity contribution >= 4 is 23.2 Å². The Hall–Kier alpha value is -2.41. The van der Waals surface area contributed by atoms with Gasteiger partial charge in [0.25, 0.3) is 5.91 Å². The van der Waals surface area contributed by atoms with Gasteiger partial charge < -0.3 is 14.8 Å². The predicted molar refractivity (Wildman–Crippen MR) is 84.0 cm³/mol. The van der Waals surface area contributed by atoms with E-state index in [-0.39, 0.29) is 11.3 Å². The first-order valence-electron chi connectivity index (χ1n) is 6.66. The average molecular weight is 360 g/mol. The SMILES string of the molecule is COc1ccc(C(=O)Nc2ccc(Cl)c(C(F)(F)F)c2)cc1OC. The molecule has 2 aromatic carbocycles. The van der Waals surface area contributed by atoms with Crippen molar-refractivity contribution in [2.24, 2.45) is 0 Å². The lowest BCUT2D eigenvalue weighted by atomic mass is 10.1. The number of hydrogen-bond acceptors (Lipinski definition) is 3. The van der Waals surface area contributed by atoms with Crippen LogP contribution in [0.25, 0.3) is 0 Å². The smallest absolute Gasteiger partial charge is 0.417 e. The van der Waals surface area contributed by atoms with E-state index in [0.29, 0.717) is 11.5 Å². The van der Waals surface area contributed by atoms with E-state index in [1.165, 1.54) is 38.5 Å². The minimum atomic E-state index is -4.61. The molecule has 0 spiro atoms. The molecule has 0 radical (unpaired) electrons. The molecule has 2 rings (SSSR count). The zero-order chi connectivity index (χ0) is 17.9. The number of nitrogens with one attached hydrogen (secondary N) is 1. The molecule has 128 valence electrons. The number of hydrogen-bond donors (Lipinski definition) is 1. The molecular weight excluding hydrogens is 347 g/mol. The topological polar surface area (TPSA) is 47.6 Å². The first-order chi connectivity index (χ1) is 11.3. The molecule has 1 N–H and O–H groups in total. The van der Waals surface area contributed by atoms with E-state index in [9.17, 15) is 18.0 Å². The lowest BCUT2D eigenvalue weighted by Gasteiger charge is -2.13. The average Bonchev–Trinajstić information content (AvgIpc) is 2.54. The Bertz CT molecular complexity index is 763. The van der Waals surface area contributed by atoms with Gasteiger partial charge in [0.05, 0.1) is 24.8 Å². The molecule has 0 aliphatic heterocycles. The third-order valence-electron chi connectivity index (χ3n) is 3.18. The molecule has 0 atom stereocenters. The third kappa shape index (κ3) is 3.91. The van der Waals surface area contributed by atoms with Crippen molar-refractivity contribution < 1.29 is 27.4 Å². The van der Waals surface area contributed by atoms with Crippen LogP contribution in [0.3, 0.4) is 0 Å². The zero-order valence-electron chi connectivity index (χ0n) is 12.7. The van der Waals surface area contributed by atoms with Crippen LogP contribution in [0.15, 0.2) is 36.4 Å². The van der Waals surface area contributed by atoms with E-state index >= 15 is 0 Å². The Labute approximate surface area is 141 Å². The van der Waals surface area contributed by atoms with Crippen LogP contribution in [0.2, 0.25) is 5.02 Å². The monoisotopic (exact) mass is 359 g/mol. The van der Waals surface area contributed by atoms with Crippen LogP contribution in [0, 0.1) is 0 Å². The summed E-state index contributed by atoms with van der Waals surface area (Å²) < 4.78 is 48.7. The van der Waals surface area contributed by atoms with E-state index in [0.717, 1.165) is 12.1 Å². The second kappa shape index (κ2) is 7.00. The molecule has 2 aromatic rings. The summed E-state index contributed by atoms with van der Waals surface area (Å²) in [6.45, 7) is 0. The van der Waals surface area contributed by atoms with Crippen LogP contribution in [0.1, 0.15) is 15.9 Å². The number of carbonyl (C=O) groups is 1. The maximum Gasteiger partial charge on any atom is 0.417 e. The van der Waals surface area contributed by atoms with Gasteiger partial charge in [0.15, 0.2) is 11.5 Å². The Kier molecular flexibility index (Phi) is 5.23. The highest BCUT2D eigenvalue weighted by Crippen LogP contribution is 2.36. The molecule has 0 bridgehead atoms. The fraction of sp³-hybridized carbons (Fsp3) is 0.188. The van der Waals surface area contributed by atoms with Gasteiger partial charge in [0.2, 0.25) is 0 Å². The largest absolute Gasteiger partial charge is 0.493 e. The Morgan fingerprint density at radius 2 is 1.71 bits per heavy atom. The molecule has 0 aliphatic rings. The fourth-order valence-corrected chi connectivity index (χ4v) is 2.23. The minimum Gasteiger partial charge on any atom is -0.493 e. The van der Waals surface area contributed by atoms with Gasteiger partial charge in [-0.25, -0.2) is 0 Å². The molecule has 0 unspecified atom stereocenters. The van der Waals surface area contributed by atoms with E-state index in [1.807, 2.05) is 0 Å². The Morgan fingerprint density at radius 3 is 2.29 bits per heavy atom. The maximum absolute atomic E-state index is 12.8. The first-order valence-corrected chi connectivity index (χ1v) is 7.04. The molecule has 8 heteroatoms. The first kappa shape index (κ1) is 17.9. The minimum absolute atomic E-state index is 0.0218. The standard InChI is InChI=1S/C16H13ClF3NO3/c1-23-13-6-3-9(7-14(13)24-2)15(22)21-10-4-5-12(17)11(8-10)16(18,19)20/h3-8H,1-2H3,(H,21,22). The molecule has 0 fully saturated rings. The highest BCUT2D eigenvalue weighted by molar-refractivity contribution is 6.31. The Balaban J connectivity index is 2.27. The normalized spacial score (nSPS) is 11.1. The maximum atomic E-state index is 12.8. The van der Waals surface area contributed by atoms with Crippen molar-refractivity contribution in [2.45, 2.75) is 6.18 Å². The van der Waals surface area contributed by atoms with E-state index in [2.05, 4.69) is 5.32 Å². The summed E-state index contributed by atoms with van der Waals surface area (Å²) in [7, 11) is 2.86. The van der Waals surface area contributed by atoms with E-state index in [1.54, 1.807) is 0 Å². The van der Waals surface area contributed by atoms with Gasteiger partial charge in [-0.15, -0.1) is 0 Å². The summed E-state index contributed by atoms with van der Waals surface area (Å²) in [6.07, 6.45) is -4.61. The number of rotatable bonds is 4. The second-order valence-electron chi connectivity index (χ2n) is 4.72. The molecule has 0 saturated carbocycles. The van der Waals surface area contributed by atoms with Crippen LogP contribution in [-0.2, 0) is 6.18 Å². The summed E-state index contributed by atoms with van der Waals surface area (Å²) in [5, 5.41) is 1.95. The van der Waals surface area contributed by atoms with Crippen LogP contribution < -0.4 is 14.8 Å². The van der Waals surface area contributed by atoms with E-state index < -0.39 is 22.7 Å². The van der Waals surface area contributed by atoms with E-state index in [4.69, 9.17) is 21.1 Å². The molecule has 1 amide bonds. The molecular formula is C16H13ClF3NO3. The summed E-state index contributed by atoms with van der Waals surface area (Å²) in [4.78, 5) is 12.2. The van der Waals surface area contributed by atoms with Gasteiger partial charge in [-0.1, -0.05) is 11.6 Å². The number of alkyl halides is 3. The van der Waals surface area contributed by atoms with Crippen molar-refractivity contribution in [3.8, 4) is 11.5 Å². The number of halogens is 4. The molecule has 4 nitrogen and oxygen atoms in total. The van der Waals surface area contributed by atoms with Crippen LogP contribution in [0.4, 0.5) is 18.9 Å². The molecule has 0 heterocycles. The van der Waals surface area contributed by atoms with Crippen LogP contribution >= 0.6 is 11.6 Å². The summed E-state index contributed by atoms with van der Waals surface area (Å²) >= 11 is 5.54. The van der Waals surface area contributed by atoms with Gasteiger partial charge in [-0.2, -0.15) is 13.2 Å². The lowest BCUT2D eigenvalue weighted by molar-refractivity contribution is -0.137. The van der Waals surface area contributed by atoms with Gasteiger partial charge >= 0.3 is 6.18 Å². The lowest BCUT2D eigenvalue weighted by Crippen LogP contribution is -2.13. The molecule has 24 heavy (non-hydrogen) atoms. The molecule has 0 aromatic heterocycles. The fourth-order valence-electron chi connectivity index (χ4n) is 2.00. The van der Waals surface area contributed by atoms with Gasteiger partial charge in [-0.3, -0.25) is 4.79 Å². The van der Waals surface area contributed by atoms with Crippen molar-refractivity contribution in [3.05, 3.63) is 52.5 Å². The molecule has 0 saturated heterocycles. The molecule has 0 aliphatic carbocycles. The summed E-state index contributed by atoms with van der Waals surface area (Å²) in [5.41, 5.74) is -0.836. The van der Waals surface area contributed by atoms with Gasteiger partial charge in [-0.05, 0) is 36.4 Å². The third-order valence-corrected chi connectivity index (χ3v) is 3.50. The summed E-state index contributed by atoms with van der Waals surface area (Å²) in [5.74, 6) is 0.170. The van der Waals surface area contributed by atoms with Gasteiger partial charge in [0, 0.05) is 11.3 Å². The summed E-state index contributed by atoms with van der Waals surface area (Å²) in [6, 6.07) is 7.56. The van der Waals surface area contributed by atoms with Crippen molar-refractivity contribution in [1.82, 2.24) is 0 Å². The highest BCUT2D eigenvalue weighted by atomic mass is 35.5. The second-order valence-corrected chi connectivity index (χ2v) is 5.12. The highest BCUT2D eigenvalue weighted by Gasteiger charge is 2.33. The van der Waals surface area contributed by atoms with Crippen LogP contribution in [0.5, 0.6) is 11.5 Å². The number of carbonyl (C=O) groups excluding carboxylic acids is 1. The number of amides is 1. The number of benzene rings is 2. The Morgan fingerprint density at radius 1 is 1.04 bits per heavy atom. The quantitative estimate of drug-likeness (QED) is 0.866. The number of methoxy groups -OCH3 is 2. The van der Waals surface area contributed by atoms with Crippen molar-refractivity contribution in [1.29, 1.82) is 0 Å². The van der Waals surface area contributed by atoms with Gasteiger partial charge in [0.1, 0.15) is 0 Å². The number of anilines is 1. The van der Waals surface area contributed by atoms with Crippen molar-refractivity contribution in [2.75, 3.05) is 19.5 Å². The van der Waals surface area contributed by atoms with Crippen LogP contribution in [-0.4, -0.2) is 20.1 Å². The number of ether oxygens (including phenoxy) is 2. The zero-order valence-corrected chi connectivity index (χ0v) is 13.5. The van der Waals surface area contributed by atoms with Crippen molar-refractivity contribution in [3.63, 3.8) is 0 Å².